The van der Waals surface area contributed by atoms with E-state index in [2.05, 4.69) is 0 Å². The molecule has 2 aromatic carbocycles. The molecule has 3 nitrogen and oxygen atoms in total. The van der Waals surface area contributed by atoms with E-state index in [9.17, 15) is 9.59 Å². The number of carbonyl (C=O) groups excluding carboxylic acids is 2. The maximum atomic E-state index is 12.2. The van der Waals surface area contributed by atoms with Crippen LogP contribution < -0.4 is 4.90 Å². The molecule has 0 aromatic heterocycles. The Bertz CT molecular complexity index is 543. The van der Waals surface area contributed by atoms with Crippen LogP contribution in [0.4, 0.5) is 5.69 Å². The molecule has 4 heteroatoms. The third-order valence-electron chi connectivity index (χ3n) is 2.98. The highest BCUT2D eigenvalue weighted by atomic mass is 35.5. The largest absolute Gasteiger partial charge is 0.309 e. The van der Waals surface area contributed by atoms with Crippen molar-refractivity contribution < 1.29 is 9.59 Å². The minimum Gasteiger partial charge on any atom is -0.309 e. The van der Waals surface area contributed by atoms with Gasteiger partial charge in [-0.1, -0.05) is 48.5 Å². The number of anilines is 1. The molecule has 0 saturated heterocycles. The lowest BCUT2D eigenvalue weighted by atomic mass is 10.1. The number of nitrogens with zero attached hydrogens (tertiary/aromatic N) is 1. The standard InChI is InChI=1S/C16H14ClNO2/c1-18(13-10-6-3-7-11-13)16(20)15(19)14(17)12-8-4-2-5-9-12/h2-11,14H,1H3/t14-/m1/s1. The van der Waals surface area contributed by atoms with Gasteiger partial charge in [-0.25, -0.2) is 0 Å². The molecule has 0 radical (unpaired) electrons. The lowest BCUT2D eigenvalue weighted by Gasteiger charge is -2.18. The van der Waals surface area contributed by atoms with Crippen molar-refractivity contribution >= 4 is 29.0 Å². The van der Waals surface area contributed by atoms with Crippen LogP contribution in [0, 0.1) is 0 Å². The third kappa shape index (κ3) is 3.06. The average Bonchev–Trinajstić information content (AvgIpc) is 2.53. The topological polar surface area (TPSA) is 37.4 Å². The number of amides is 1. The molecule has 0 heterocycles. The number of ketones is 1. The Balaban J connectivity index is 2.15. The van der Waals surface area contributed by atoms with Gasteiger partial charge in [-0.05, 0) is 17.7 Å². The first kappa shape index (κ1) is 14.3. The van der Waals surface area contributed by atoms with E-state index in [4.69, 9.17) is 11.6 Å². The third-order valence-corrected chi connectivity index (χ3v) is 3.43. The van der Waals surface area contributed by atoms with Crippen molar-refractivity contribution in [1.82, 2.24) is 0 Å². The van der Waals surface area contributed by atoms with Crippen LogP contribution in [0.3, 0.4) is 0 Å². The first-order valence-electron chi connectivity index (χ1n) is 6.17. The first-order valence-corrected chi connectivity index (χ1v) is 6.61. The number of benzene rings is 2. The Hall–Kier alpha value is -2.13. The summed E-state index contributed by atoms with van der Waals surface area (Å²) in [6, 6.07) is 17.8. The summed E-state index contributed by atoms with van der Waals surface area (Å²) in [5, 5.41) is -0.963. The van der Waals surface area contributed by atoms with Gasteiger partial charge in [0.15, 0.2) is 0 Å². The number of likely N-dealkylation sites (N-methyl/N-ethyl adjacent to an activating group) is 1. The van der Waals surface area contributed by atoms with Crippen LogP contribution in [0.2, 0.25) is 0 Å². The molecule has 0 N–H and O–H groups in total. The number of alkyl halides is 1. The molecule has 0 fully saturated rings. The summed E-state index contributed by atoms with van der Waals surface area (Å²) >= 11 is 6.09. The molecule has 2 aromatic rings. The zero-order valence-corrected chi connectivity index (χ0v) is 11.7. The lowest BCUT2D eigenvalue weighted by molar-refractivity contribution is -0.135. The number of halogens is 1. The second kappa shape index (κ2) is 6.35. The molecule has 20 heavy (non-hydrogen) atoms. The fourth-order valence-corrected chi connectivity index (χ4v) is 2.05. The minimum atomic E-state index is -0.963. The van der Waals surface area contributed by atoms with Crippen molar-refractivity contribution in [1.29, 1.82) is 0 Å². The summed E-state index contributed by atoms with van der Waals surface area (Å²) in [6.07, 6.45) is 0. The number of hydrogen-bond donors (Lipinski definition) is 0. The smallest absolute Gasteiger partial charge is 0.296 e. The van der Waals surface area contributed by atoms with Gasteiger partial charge in [0.25, 0.3) is 5.91 Å². The van der Waals surface area contributed by atoms with Gasteiger partial charge in [0.05, 0.1) is 0 Å². The van der Waals surface area contributed by atoms with E-state index in [1.807, 2.05) is 12.1 Å². The molecule has 2 rings (SSSR count). The molecule has 1 atom stereocenters. The van der Waals surface area contributed by atoms with E-state index >= 15 is 0 Å². The van der Waals surface area contributed by atoms with E-state index in [-0.39, 0.29) is 0 Å². The SMILES string of the molecule is CN(C(=O)C(=O)[C@H](Cl)c1ccccc1)c1ccccc1. The Morgan fingerprint density at radius 3 is 2.00 bits per heavy atom. The zero-order chi connectivity index (χ0) is 14.5. The predicted octanol–water partition coefficient (Wildman–Crippen LogP) is 3.20. The summed E-state index contributed by atoms with van der Waals surface area (Å²) in [5.74, 6) is -1.26. The van der Waals surface area contributed by atoms with Crippen molar-refractivity contribution in [3.8, 4) is 0 Å². The molecule has 0 bridgehead atoms. The van der Waals surface area contributed by atoms with Crippen molar-refractivity contribution in [3.05, 3.63) is 66.2 Å². The van der Waals surface area contributed by atoms with Gasteiger partial charge >= 0.3 is 0 Å². The number of para-hydroxylation sites is 1. The fraction of sp³-hybridized carbons (Fsp3) is 0.125. The molecule has 0 aliphatic carbocycles. The summed E-state index contributed by atoms with van der Waals surface area (Å²) in [5.41, 5.74) is 1.27. The number of rotatable bonds is 4. The Labute approximate surface area is 122 Å². The number of hydrogen-bond acceptors (Lipinski definition) is 2. The molecule has 102 valence electrons. The molecular formula is C16H14ClNO2. The highest BCUT2D eigenvalue weighted by molar-refractivity contribution is 6.51. The Kier molecular flexibility index (Phi) is 4.53. The zero-order valence-electron chi connectivity index (χ0n) is 11.0. The molecular weight excluding hydrogens is 274 g/mol. The summed E-state index contributed by atoms with van der Waals surface area (Å²) in [7, 11) is 1.56. The summed E-state index contributed by atoms with van der Waals surface area (Å²) in [4.78, 5) is 25.6. The van der Waals surface area contributed by atoms with Gasteiger partial charge in [-0.15, -0.1) is 11.6 Å². The second-order valence-corrected chi connectivity index (χ2v) is 4.77. The second-order valence-electron chi connectivity index (χ2n) is 4.34. The van der Waals surface area contributed by atoms with E-state index in [0.717, 1.165) is 0 Å². The van der Waals surface area contributed by atoms with Gasteiger partial charge in [0, 0.05) is 12.7 Å². The van der Waals surface area contributed by atoms with Crippen LogP contribution in [0.25, 0.3) is 0 Å². The molecule has 0 aliphatic heterocycles. The van der Waals surface area contributed by atoms with Gasteiger partial charge < -0.3 is 4.90 Å². The molecule has 0 aliphatic rings. The van der Waals surface area contributed by atoms with Gasteiger partial charge in [-0.2, -0.15) is 0 Å². The average molecular weight is 288 g/mol. The number of carbonyl (C=O) groups is 2. The first-order chi connectivity index (χ1) is 9.61. The normalized spacial score (nSPS) is 11.7. The van der Waals surface area contributed by atoms with Crippen LogP contribution in [0.15, 0.2) is 60.7 Å². The van der Waals surface area contributed by atoms with Crippen LogP contribution in [0.5, 0.6) is 0 Å². The van der Waals surface area contributed by atoms with E-state index in [0.29, 0.717) is 11.3 Å². The van der Waals surface area contributed by atoms with Crippen LogP contribution in [0.1, 0.15) is 10.9 Å². The van der Waals surface area contributed by atoms with Crippen LogP contribution in [-0.4, -0.2) is 18.7 Å². The van der Waals surface area contributed by atoms with Crippen molar-refractivity contribution in [2.75, 3.05) is 11.9 Å². The Morgan fingerprint density at radius 1 is 0.950 bits per heavy atom. The Morgan fingerprint density at radius 2 is 1.45 bits per heavy atom. The van der Waals surface area contributed by atoms with E-state index < -0.39 is 17.1 Å². The van der Waals surface area contributed by atoms with Crippen molar-refractivity contribution in [2.24, 2.45) is 0 Å². The minimum absolute atomic E-state index is 0.619. The maximum absolute atomic E-state index is 12.2. The van der Waals surface area contributed by atoms with Crippen LogP contribution >= 0.6 is 11.6 Å². The monoisotopic (exact) mass is 287 g/mol. The van der Waals surface area contributed by atoms with E-state index in [1.54, 1.807) is 55.6 Å². The van der Waals surface area contributed by atoms with Crippen LogP contribution in [-0.2, 0) is 9.59 Å². The van der Waals surface area contributed by atoms with Gasteiger partial charge in [-0.3, -0.25) is 9.59 Å². The predicted molar refractivity (Wildman–Crippen MR) is 79.9 cm³/mol. The molecule has 0 unspecified atom stereocenters. The van der Waals surface area contributed by atoms with Gasteiger partial charge in [0.2, 0.25) is 5.78 Å². The summed E-state index contributed by atoms with van der Waals surface area (Å²) in [6.45, 7) is 0. The molecule has 0 spiro atoms. The van der Waals surface area contributed by atoms with Crippen molar-refractivity contribution in [2.45, 2.75) is 5.38 Å². The van der Waals surface area contributed by atoms with Crippen molar-refractivity contribution in [3.63, 3.8) is 0 Å². The van der Waals surface area contributed by atoms with E-state index in [1.165, 1.54) is 4.90 Å². The quantitative estimate of drug-likeness (QED) is 0.640. The highest BCUT2D eigenvalue weighted by Gasteiger charge is 2.27. The lowest BCUT2D eigenvalue weighted by Crippen LogP contribution is -2.35. The number of Topliss-reactive ketones (excluding diaryl/α,β-unsaturated/α-hetero) is 1. The molecule has 0 saturated carbocycles. The molecule has 1 amide bonds. The summed E-state index contributed by atoms with van der Waals surface area (Å²) < 4.78 is 0. The maximum Gasteiger partial charge on any atom is 0.296 e. The highest BCUT2D eigenvalue weighted by Crippen LogP contribution is 2.23. The fourth-order valence-electron chi connectivity index (χ4n) is 1.82. The van der Waals surface area contributed by atoms with Gasteiger partial charge in [0.1, 0.15) is 5.38 Å².